The monoisotopic (exact) mass is 324 g/mol. The number of methoxy groups -OCH3 is 1. The van der Waals surface area contributed by atoms with Gasteiger partial charge in [0.15, 0.2) is 0 Å². The van der Waals surface area contributed by atoms with E-state index in [1.807, 2.05) is 36.4 Å². The summed E-state index contributed by atoms with van der Waals surface area (Å²) in [6, 6.07) is 15.9. The van der Waals surface area contributed by atoms with Crippen molar-refractivity contribution in [3.8, 4) is 5.75 Å². The molecule has 2 aromatic carbocycles. The molecule has 0 atom stereocenters. The lowest BCUT2D eigenvalue weighted by Gasteiger charge is -2.22. The lowest BCUT2D eigenvalue weighted by Crippen LogP contribution is -2.48. The van der Waals surface area contributed by atoms with E-state index in [9.17, 15) is 4.79 Å². The Labute approximate surface area is 143 Å². The molecule has 1 fully saturated rings. The molecule has 126 valence electrons. The van der Waals surface area contributed by atoms with E-state index in [1.54, 1.807) is 7.11 Å². The molecule has 3 N–H and O–H groups in total. The molecule has 0 heterocycles. The number of rotatable bonds is 5. The van der Waals surface area contributed by atoms with Gasteiger partial charge in [-0.05, 0) is 36.6 Å². The van der Waals surface area contributed by atoms with Crippen molar-refractivity contribution in [1.29, 1.82) is 0 Å². The Morgan fingerprint density at radius 3 is 2.54 bits per heavy atom. The predicted octanol–water partition coefficient (Wildman–Crippen LogP) is 3.50. The summed E-state index contributed by atoms with van der Waals surface area (Å²) in [5.41, 5.74) is 8.52. The zero-order chi connectivity index (χ0) is 17.0. The largest absolute Gasteiger partial charge is 0.496 e. The summed E-state index contributed by atoms with van der Waals surface area (Å²) in [4.78, 5) is 12.5. The summed E-state index contributed by atoms with van der Waals surface area (Å²) in [6.45, 7) is 0. The molecule has 0 saturated heterocycles. The van der Waals surface area contributed by atoms with Crippen molar-refractivity contribution in [3.05, 3.63) is 59.7 Å². The molecule has 1 saturated carbocycles. The van der Waals surface area contributed by atoms with E-state index in [4.69, 9.17) is 10.5 Å². The van der Waals surface area contributed by atoms with E-state index in [0.717, 1.165) is 49.1 Å². The minimum atomic E-state index is -0.723. The van der Waals surface area contributed by atoms with Crippen molar-refractivity contribution < 1.29 is 9.53 Å². The highest BCUT2D eigenvalue weighted by atomic mass is 16.5. The average molecular weight is 324 g/mol. The number of ether oxygens (including phenoxy) is 1. The summed E-state index contributed by atoms with van der Waals surface area (Å²) in [6.07, 6.45) is 4.30. The first-order chi connectivity index (χ1) is 11.6. The van der Waals surface area contributed by atoms with Gasteiger partial charge in [0.2, 0.25) is 5.91 Å². The van der Waals surface area contributed by atoms with Crippen molar-refractivity contribution in [3.63, 3.8) is 0 Å². The molecule has 3 rings (SSSR count). The van der Waals surface area contributed by atoms with Crippen molar-refractivity contribution in [1.82, 2.24) is 0 Å². The Kier molecular flexibility index (Phi) is 4.86. The number of hydrogen-bond donors (Lipinski definition) is 2. The molecule has 0 radical (unpaired) electrons. The molecular weight excluding hydrogens is 300 g/mol. The second kappa shape index (κ2) is 7.05. The van der Waals surface area contributed by atoms with E-state index >= 15 is 0 Å². The molecule has 1 amide bonds. The minimum absolute atomic E-state index is 0.0872. The van der Waals surface area contributed by atoms with E-state index < -0.39 is 5.54 Å². The number of hydrogen-bond acceptors (Lipinski definition) is 3. The number of carbonyl (C=O) groups excluding carboxylic acids is 1. The lowest BCUT2D eigenvalue weighted by molar-refractivity contribution is -0.121. The van der Waals surface area contributed by atoms with Gasteiger partial charge in [0.1, 0.15) is 5.75 Å². The first-order valence-electron chi connectivity index (χ1n) is 8.42. The zero-order valence-electron chi connectivity index (χ0n) is 14.0. The van der Waals surface area contributed by atoms with Gasteiger partial charge in [-0.15, -0.1) is 0 Å². The molecule has 2 aromatic rings. The Morgan fingerprint density at radius 1 is 1.17 bits per heavy atom. The van der Waals surface area contributed by atoms with Crippen LogP contribution >= 0.6 is 0 Å². The third kappa shape index (κ3) is 3.60. The molecule has 0 bridgehead atoms. The van der Waals surface area contributed by atoms with E-state index in [0.29, 0.717) is 0 Å². The quantitative estimate of drug-likeness (QED) is 0.885. The van der Waals surface area contributed by atoms with Crippen LogP contribution in [0.2, 0.25) is 0 Å². The first-order valence-corrected chi connectivity index (χ1v) is 8.42. The van der Waals surface area contributed by atoms with Gasteiger partial charge in [-0.2, -0.15) is 0 Å². The summed E-state index contributed by atoms with van der Waals surface area (Å²) < 4.78 is 5.46. The van der Waals surface area contributed by atoms with Gasteiger partial charge in [0, 0.05) is 17.7 Å². The molecular formula is C20H24N2O2. The summed E-state index contributed by atoms with van der Waals surface area (Å²) in [5.74, 6) is 0.732. The molecule has 0 unspecified atom stereocenters. The van der Waals surface area contributed by atoms with Crippen LogP contribution < -0.4 is 15.8 Å². The topological polar surface area (TPSA) is 64.3 Å². The third-order valence-electron chi connectivity index (χ3n) is 4.72. The van der Waals surface area contributed by atoms with Gasteiger partial charge in [-0.3, -0.25) is 4.79 Å². The average Bonchev–Trinajstić information content (AvgIpc) is 3.04. The SMILES string of the molecule is COc1ccc(NC(=O)C2(N)CCCC2)cc1Cc1ccccc1. The molecule has 0 aliphatic heterocycles. The highest BCUT2D eigenvalue weighted by Crippen LogP contribution is 2.30. The smallest absolute Gasteiger partial charge is 0.244 e. The normalized spacial score (nSPS) is 15.9. The maximum absolute atomic E-state index is 12.5. The van der Waals surface area contributed by atoms with Crippen molar-refractivity contribution in [2.45, 2.75) is 37.6 Å². The predicted molar refractivity (Wildman–Crippen MR) is 96.3 cm³/mol. The van der Waals surface area contributed by atoms with Crippen LogP contribution in [0.1, 0.15) is 36.8 Å². The zero-order valence-corrected chi connectivity index (χ0v) is 14.0. The van der Waals surface area contributed by atoms with Crippen LogP contribution in [0.15, 0.2) is 48.5 Å². The minimum Gasteiger partial charge on any atom is -0.496 e. The number of amides is 1. The van der Waals surface area contributed by atoms with Crippen molar-refractivity contribution >= 4 is 11.6 Å². The van der Waals surface area contributed by atoms with Gasteiger partial charge in [0.25, 0.3) is 0 Å². The third-order valence-corrected chi connectivity index (χ3v) is 4.72. The van der Waals surface area contributed by atoms with E-state index in [1.165, 1.54) is 5.56 Å². The van der Waals surface area contributed by atoms with Crippen molar-refractivity contribution in [2.24, 2.45) is 5.73 Å². The second-order valence-electron chi connectivity index (χ2n) is 6.51. The van der Waals surface area contributed by atoms with E-state index in [-0.39, 0.29) is 5.91 Å². The van der Waals surface area contributed by atoms with Crippen LogP contribution in [-0.4, -0.2) is 18.6 Å². The van der Waals surface area contributed by atoms with Crippen LogP contribution in [0.25, 0.3) is 0 Å². The van der Waals surface area contributed by atoms with Gasteiger partial charge in [0.05, 0.1) is 12.6 Å². The summed E-state index contributed by atoms with van der Waals surface area (Å²) in [7, 11) is 1.66. The van der Waals surface area contributed by atoms with Crippen LogP contribution in [0.3, 0.4) is 0 Å². The van der Waals surface area contributed by atoms with Gasteiger partial charge in [-0.25, -0.2) is 0 Å². The van der Waals surface area contributed by atoms with E-state index in [2.05, 4.69) is 17.4 Å². The maximum atomic E-state index is 12.5. The van der Waals surface area contributed by atoms with Crippen LogP contribution in [-0.2, 0) is 11.2 Å². The number of nitrogens with one attached hydrogen (secondary N) is 1. The fourth-order valence-electron chi connectivity index (χ4n) is 3.30. The molecule has 0 aromatic heterocycles. The molecule has 4 nitrogen and oxygen atoms in total. The number of nitrogens with two attached hydrogens (primary N) is 1. The van der Waals surface area contributed by atoms with Crippen LogP contribution in [0, 0.1) is 0 Å². The van der Waals surface area contributed by atoms with Crippen molar-refractivity contribution in [2.75, 3.05) is 12.4 Å². The Hall–Kier alpha value is -2.33. The molecule has 4 heteroatoms. The molecule has 1 aliphatic rings. The maximum Gasteiger partial charge on any atom is 0.244 e. The molecule has 24 heavy (non-hydrogen) atoms. The fraction of sp³-hybridized carbons (Fsp3) is 0.350. The fourth-order valence-corrected chi connectivity index (χ4v) is 3.30. The first kappa shape index (κ1) is 16.5. The number of benzene rings is 2. The summed E-state index contributed by atoms with van der Waals surface area (Å²) >= 11 is 0. The Balaban J connectivity index is 1.79. The van der Waals surface area contributed by atoms with Crippen LogP contribution in [0.4, 0.5) is 5.69 Å². The molecule has 1 aliphatic carbocycles. The standard InChI is InChI=1S/C20H24N2O2/c1-24-18-10-9-17(22-19(23)20(21)11-5-6-12-20)14-16(18)13-15-7-3-2-4-8-15/h2-4,7-10,14H,5-6,11-13,21H2,1H3,(H,22,23). The van der Waals surface area contributed by atoms with Crippen LogP contribution in [0.5, 0.6) is 5.75 Å². The second-order valence-corrected chi connectivity index (χ2v) is 6.51. The number of carbonyl (C=O) groups is 1. The Morgan fingerprint density at radius 2 is 1.88 bits per heavy atom. The lowest BCUT2D eigenvalue weighted by atomic mass is 9.97. The van der Waals surface area contributed by atoms with Gasteiger partial charge >= 0.3 is 0 Å². The van der Waals surface area contributed by atoms with Gasteiger partial charge < -0.3 is 15.8 Å². The van der Waals surface area contributed by atoms with Gasteiger partial charge in [-0.1, -0.05) is 43.2 Å². The highest BCUT2D eigenvalue weighted by molar-refractivity contribution is 5.98. The Bertz CT molecular complexity index is 707. The highest BCUT2D eigenvalue weighted by Gasteiger charge is 2.36. The summed E-state index contributed by atoms with van der Waals surface area (Å²) in [5, 5.41) is 2.98. The number of anilines is 1. The molecule has 0 spiro atoms.